The quantitative estimate of drug-likeness (QED) is 0.581. The molecule has 2 aromatic heterocycles. The van der Waals surface area contributed by atoms with E-state index in [1.165, 1.54) is 20.2 Å². The summed E-state index contributed by atoms with van der Waals surface area (Å²) in [6, 6.07) is 4.47. The summed E-state index contributed by atoms with van der Waals surface area (Å²) in [6.45, 7) is 0. The summed E-state index contributed by atoms with van der Waals surface area (Å²) in [5, 5.41) is 4.48. The molecule has 0 radical (unpaired) electrons. The van der Waals surface area contributed by atoms with Crippen molar-refractivity contribution >= 4 is 64.1 Å². The Bertz CT molecular complexity index is 724. The Hall–Kier alpha value is -0.461. The molecular weight excluding hydrogens is 395 g/mol. The zero-order valence-electron chi connectivity index (χ0n) is 12.4. The van der Waals surface area contributed by atoms with Crippen LogP contribution >= 0.6 is 22.7 Å². The van der Waals surface area contributed by atoms with Gasteiger partial charge in [-0.25, -0.2) is 0 Å². The van der Waals surface area contributed by atoms with Crippen molar-refractivity contribution in [2.75, 3.05) is 14.2 Å². The van der Waals surface area contributed by atoms with Crippen molar-refractivity contribution in [2.24, 2.45) is 0 Å². The van der Waals surface area contributed by atoms with E-state index in [1.54, 1.807) is 28.4 Å². The zero-order valence-corrected chi connectivity index (χ0v) is 16.9. The molecule has 1 aromatic carbocycles. The van der Waals surface area contributed by atoms with Gasteiger partial charge in [-0.15, -0.1) is 0 Å². The van der Waals surface area contributed by atoms with Crippen LogP contribution in [0, 0.1) is 0 Å². The van der Waals surface area contributed by atoms with E-state index in [1.807, 2.05) is 11.3 Å². The molecule has 0 aliphatic rings. The molecular formula is C15H18O2S2Sn. The van der Waals surface area contributed by atoms with Gasteiger partial charge in [-0.1, -0.05) is 0 Å². The van der Waals surface area contributed by atoms with Gasteiger partial charge in [0, 0.05) is 0 Å². The number of thiophene rings is 2. The van der Waals surface area contributed by atoms with Crippen molar-refractivity contribution in [1.29, 1.82) is 0 Å². The molecule has 0 unspecified atom stereocenters. The molecule has 20 heavy (non-hydrogen) atoms. The van der Waals surface area contributed by atoms with Gasteiger partial charge >= 0.3 is 132 Å². The molecule has 0 aliphatic heterocycles. The number of methoxy groups -OCH3 is 2. The van der Waals surface area contributed by atoms with E-state index in [4.69, 9.17) is 9.47 Å². The van der Waals surface area contributed by atoms with Gasteiger partial charge in [-0.3, -0.25) is 0 Å². The van der Waals surface area contributed by atoms with Crippen molar-refractivity contribution < 1.29 is 9.47 Å². The molecule has 2 heterocycles. The molecule has 0 fully saturated rings. The standard InChI is InChI=1S/C12H9O2S2.3CH3.Sn/c1-13-9-7-3-5-16-12(7)10(14-2)8-4-6-15-11(8)9;;;;/h3-5H,1-2H3;3*1H3;. The van der Waals surface area contributed by atoms with Crippen LogP contribution in [0.25, 0.3) is 20.2 Å². The maximum absolute atomic E-state index is 5.71. The van der Waals surface area contributed by atoms with E-state index in [-0.39, 0.29) is 0 Å². The molecule has 0 N–H and O–H groups in total. The number of hydrogen-bond acceptors (Lipinski definition) is 4. The number of hydrogen-bond donors (Lipinski definition) is 0. The zero-order chi connectivity index (χ0) is 14.5. The Morgan fingerprint density at radius 2 is 1.60 bits per heavy atom. The van der Waals surface area contributed by atoms with Crippen LogP contribution in [0.15, 0.2) is 17.5 Å². The summed E-state index contributed by atoms with van der Waals surface area (Å²) in [4.78, 5) is 7.34. The SMILES string of the molecule is COc1c2c[c]([Sn]([CH3])([CH3])[CH3])sc2c(OC)c2ccsc12. The molecule has 106 valence electrons. The van der Waals surface area contributed by atoms with Crippen molar-refractivity contribution in [3.8, 4) is 11.5 Å². The van der Waals surface area contributed by atoms with Gasteiger partial charge < -0.3 is 0 Å². The minimum absolute atomic E-state index is 1.00. The molecule has 0 saturated carbocycles. The fourth-order valence-corrected chi connectivity index (χ4v) is 9.73. The molecule has 0 aliphatic carbocycles. The Kier molecular flexibility index (Phi) is 3.67. The number of fused-ring (bicyclic) bond motifs is 2. The second kappa shape index (κ2) is 5.07. The van der Waals surface area contributed by atoms with Gasteiger partial charge in [-0.05, 0) is 0 Å². The van der Waals surface area contributed by atoms with E-state index < -0.39 is 18.4 Å². The summed E-state index contributed by atoms with van der Waals surface area (Å²) in [6.07, 6.45) is 0. The summed E-state index contributed by atoms with van der Waals surface area (Å²) < 4.78 is 15.4. The van der Waals surface area contributed by atoms with Crippen molar-refractivity contribution in [1.82, 2.24) is 0 Å². The van der Waals surface area contributed by atoms with Crippen LogP contribution in [0.1, 0.15) is 0 Å². The first-order valence-corrected chi connectivity index (χ1v) is 18.2. The molecule has 0 amide bonds. The van der Waals surface area contributed by atoms with E-state index in [0.29, 0.717) is 0 Å². The Labute approximate surface area is 131 Å². The first-order chi connectivity index (χ1) is 9.47. The van der Waals surface area contributed by atoms with Gasteiger partial charge in [0.2, 0.25) is 0 Å². The van der Waals surface area contributed by atoms with Gasteiger partial charge in [0.25, 0.3) is 0 Å². The molecule has 3 rings (SSSR count). The van der Waals surface area contributed by atoms with Crippen LogP contribution in [0.3, 0.4) is 0 Å². The first-order valence-electron chi connectivity index (χ1n) is 6.52. The molecule has 2 nitrogen and oxygen atoms in total. The maximum atomic E-state index is 5.71. The minimum atomic E-state index is -2.08. The van der Waals surface area contributed by atoms with Crippen LogP contribution < -0.4 is 12.4 Å². The third kappa shape index (κ3) is 2.12. The number of benzene rings is 1. The van der Waals surface area contributed by atoms with Gasteiger partial charge in [-0.2, -0.15) is 0 Å². The van der Waals surface area contributed by atoms with Crippen molar-refractivity contribution in [3.63, 3.8) is 0 Å². The first kappa shape index (κ1) is 14.5. The molecule has 5 heteroatoms. The normalized spacial score (nSPS) is 12.2. The van der Waals surface area contributed by atoms with Gasteiger partial charge in [0.05, 0.1) is 0 Å². The number of rotatable bonds is 3. The van der Waals surface area contributed by atoms with Crippen molar-refractivity contribution in [2.45, 2.75) is 14.8 Å². The van der Waals surface area contributed by atoms with Crippen LogP contribution in [0.4, 0.5) is 0 Å². The summed E-state index contributed by atoms with van der Waals surface area (Å²) in [7, 11) is 3.52. The molecule has 0 saturated heterocycles. The summed E-state index contributed by atoms with van der Waals surface area (Å²) >= 11 is 1.53. The molecule has 0 bridgehead atoms. The summed E-state index contributed by atoms with van der Waals surface area (Å²) in [5.41, 5.74) is 0. The molecule has 3 aromatic rings. The van der Waals surface area contributed by atoms with Gasteiger partial charge in [0.15, 0.2) is 0 Å². The van der Waals surface area contributed by atoms with Crippen molar-refractivity contribution in [3.05, 3.63) is 17.5 Å². The van der Waals surface area contributed by atoms with E-state index in [9.17, 15) is 0 Å². The average Bonchev–Trinajstić information content (AvgIpc) is 3.00. The fraction of sp³-hybridized carbons (Fsp3) is 0.333. The summed E-state index contributed by atoms with van der Waals surface area (Å²) in [5.74, 6) is 2.01. The molecule has 0 atom stereocenters. The second-order valence-corrected chi connectivity index (χ2v) is 23.2. The molecule has 0 spiro atoms. The third-order valence-electron chi connectivity index (χ3n) is 3.45. The van der Waals surface area contributed by atoms with Crippen LogP contribution in [-0.2, 0) is 0 Å². The predicted molar refractivity (Wildman–Crippen MR) is 93.3 cm³/mol. The van der Waals surface area contributed by atoms with Crippen LogP contribution in [-0.4, -0.2) is 32.6 Å². The third-order valence-corrected chi connectivity index (χ3v) is 14.9. The van der Waals surface area contributed by atoms with E-state index in [2.05, 4.69) is 32.3 Å². The fourth-order valence-electron chi connectivity index (χ4n) is 2.41. The monoisotopic (exact) mass is 414 g/mol. The van der Waals surface area contributed by atoms with Crippen LogP contribution in [0.2, 0.25) is 14.8 Å². The van der Waals surface area contributed by atoms with E-state index in [0.717, 1.165) is 11.5 Å². The predicted octanol–water partition coefficient (Wildman–Crippen LogP) is 4.68. The Balaban J connectivity index is 2.48. The van der Waals surface area contributed by atoms with E-state index >= 15 is 0 Å². The second-order valence-electron chi connectivity index (χ2n) is 5.83. The average molecular weight is 413 g/mol. The topological polar surface area (TPSA) is 18.5 Å². The van der Waals surface area contributed by atoms with Gasteiger partial charge in [0.1, 0.15) is 0 Å². The number of ether oxygens (including phenoxy) is 2. The van der Waals surface area contributed by atoms with Crippen LogP contribution in [0.5, 0.6) is 11.5 Å². The Morgan fingerprint density at radius 3 is 2.20 bits per heavy atom. The Morgan fingerprint density at radius 1 is 0.950 bits per heavy atom.